The summed E-state index contributed by atoms with van der Waals surface area (Å²) in [4.78, 5) is 46.2. The van der Waals surface area contributed by atoms with Gasteiger partial charge in [-0.1, -0.05) is 22.9 Å². The standard InChI is InChI=1S/C24H21ClFN5O4S/c25-13-2-4-16-15(8-13)24(35-23(34)29-16)5-6-30(11-24)21(33)18-9-14(26)10-31(18)20(32)12-1-3-17-19(7-12)36-22(27)28-17/h1-4,7-8,14,18H,5-6,9-11H2,(H2,27,28)(H,29,34)/t14-,18+,24+/m1/s1. The quantitative estimate of drug-likeness (QED) is 0.522. The van der Waals surface area contributed by atoms with Gasteiger partial charge in [-0.15, -0.1) is 0 Å². The topological polar surface area (TPSA) is 118 Å². The van der Waals surface area contributed by atoms with Crippen molar-refractivity contribution in [2.24, 2.45) is 0 Å². The summed E-state index contributed by atoms with van der Waals surface area (Å²) in [6, 6.07) is 9.09. The summed E-state index contributed by atoms with van der Waals surface area (Å²) in [7, 11) is 0. The number of amides is 3. The maximum Gasteiger partial charge on any atom is 0.412 e. The van der Waals surface area contributed by atoms with E-state index in [2.05, 4.69) is 10.3 Å². The van der Waals surface area contributed by atoms with E-state index in [9.17, 15) is 18.8 Å². The molecule has 6 rings (SSSR count). The van der Waals surface area contributed by atoms with E-state index >= 15 is 0 Å². The number of carbonyl (C=O) groups is 3. The molecular formula is C24H21ClFN5O4S. The van der Waals surface area contributed by atoms with Gasteiger partial charge in [0.05, 0.1) is 29.0 Å². The van der Waals surface area contributed by atoms with Crippen molar-refractivity contribution < 1.29 is 23.5 Å². The maximum absolute atomic E-state index is 14.6. The second-order valence-corrected chi connectivity index (χ2v) is 10.7. The lowest BCUT2D eigenvalue weighted by atomic mass is 9.90. The third-order valence-electron chi connectivity index (χ3n) is 6.99. The highest BCUT2D eigenvalue weighted by Crippen LogP contribution is 2.44. The Morgan fingerprint density at radius 2 is 2.11 bits per heavy atom. The SMILES string of the molecule is Nc1nc2ccc(C(=O)N3C[C@H](F)C[C@H]3C(=O)N3CC[C@@]4(C3)OC(=O)Nc3ccc(Cl)cc34)cc2s1. The predicted octanol–water partition coefficient (Wildman–Crippen LogP) is 3.77. The number of carbonyl (C=O) groups excluding carboxylic acids is 3. The lowest BCUT2D eigenvalue weighted by Crippen LogP contribution is -2.49. The minimum Gasteiger partial charge on any atom is -0.436 e. The number of nitrogens with zero attached hydrogens (tertiary/aromatic N) is 3. The fourth-order valence-electron chi connectivity index (χ4n) is 5.34. The summed E-state index contributed by atoms with van der Waals surface area (Å²) >= 11 is 7.45. The fraction of sp³-hybridized carbons (Fsp3) is 0.333. The van der Waals surface area contributed by atoms with Gasteiger partial charge in [0.25, 0.3) is 5.91 Å². The molecule has 3 aliphatic rings. The smallest absolute Gasteiger partial charge is 0.412 e. The Kier molecular flexibility index (Phi) is 5.31. The van der Waals surface area contributed by atoms with Crippen molar-refractivity contribution in [2.75, 3.05) is 30.7 Å². The number of anilines is 2. The van der Waals surface area contributed by atoms with Crippen molar-refractivity contribution in [3.8, 4) is 0 Å². The van der Waals surface area contributed by atoms with Gasteiger partial charge in [-0.2, -0.15) is 0 Å². The number of nitrogens with two attached hydrogens (primary N) is 1. The molecule has 3 aliphatic heterocycles. The zero-order chi connectivity index (χ0) is 25.2. The first-order chi connectivity index (χ1) is 17.2. The van der Waals surface area contributed by atoms with Gasteiger partial charge in [-0.25, -0.2) is 14.2 Å². The molecule has 1 aromatic heterocycles. The Morgan fingerprint density at radius 3 is 2.94 bits per heavy atom. The van der Waals surface area contributed by atoms with E-state index in [-0.39, 0.29) is 25.4 Å². The van der Waals surface area contributed by atoms with Crippen LogP contribution in [0.25, 0.3) is 10.2 Å². The molecular weight excluding hydrogens is 509 g/mol. The van der Waals surface area contributed by atoms with Crippen LogP contribution in [0.2, 0.25) is 5.02 Å². The van der Waals surface area contributed by atoms with Crippen LogP contribution in [-0.2, 0) is 15.1 Å². The number of likely N-dealkylation sites (tertiary alicyclic amines) is 2. The van der Waals surface area contributed by atoms with Crippen molar-refractivity contribution in [3.63, 3.8) is 0 Å². The first-order valence-corrected chi connectivity index (χ1v) is 12.6. The summed E-state index contributed by atoms with van der Waals surface area (Å²) < 4.78 is 21.0. The molecule has 9 nitrogen and oxygen atoms in total. The molecule has 3 aromatic rings. The Bertz CT molecular complexity index is 1430. The minimum absolute atomic E-state index is 0.0897. The molecule has 12 heteroatoms. The molecule has 2 fully saturated rings. The van der Waals surface area contributed by atoms with Crippen molar-refractivity contribution in [1.29, 1.82) is 0 Å². The van der Waals surface area contributed by atoms with Gasteiger partial charge in [-0.05, 0) is 36.4 Å². The van der Waals surface area contributed by atoms with Crippen LogP contribution >= 0.6 is 22.9 Å². The molecule has 0 aliphatic carbocycles. The number of halogens is 2. The molecule has 3 atom stereocenters. The Labute approximate surface area is 214 Å². The highest BCUT2D eigenvalue weighted by molar-refractivity contribution is 7.22. The van der Waals surface area contributed by atoms with Crippen molar-refractivity contribution in [2.45, 2.75) is 30.7 Å². The largest absolute Gasteiger partial charge is 0.436 e. The number of benzene rings is 2. The zero-order valence-electron chi connectivity index (χ0n) is 18.9. The van der Waals surface area contributed by atoms with E-state index < -0.39 is 29.8 Å². The van der Waals surface area contributed by atoms with E-state index in [1.165, 1.54) is 16.2 Å². The van der Waals surface area contributed by atoms with E-state index in [0.29, 0.717) is 45.5 Å². The first kappa shape index (κ1) is 23.0. The van der Waals surface area contributed by atoms with Crippen LogP contribution < -0.4 is 11.1 Å². The van der Waals surface area contributed by atoms with Crippen LogP contribution in [0.4, 0.5) is 20.0 Å². The molecule has 3 N–H and O–H groups in total. The van der Waals surface area contributed by atoms with Crippen molar-refractivity contribution in [3.05, 3.63) is 52.5 Å². The number of hydrogen-bond acceptors (Lipinski definition) is 7. The van der Waals surface area contributed by atoms with Crippen LogP contribution in [0.1, 0.15) is 28.8 Å². The monoisotopic (exact) mass is 529 g/mol. The molecule has 0 saturated carbocycles. The third kappa shape index (κ3) is 3.73. The fourth-order valence-corrected chi connectivity index (χ4v) is 6.28. The molecule has 2 aromatic carbocycles. The molecule has 0 bridgehead atoms. The van der Waals surface area contributed by atoms with Crippen molar-refractivity contribution in [1.82, 2.24) is 14.8 Å². The molecule has 186 valence electrons. The molecule has 0 radical (unpaired) electrons. The molecule has 1 spiro atoms. The summed E-state index contributed by atoms with van der Waals surface area (Å²) in [5.74, 6) is -0.802. The number of alkyl halides is 1. The lowest BCUT2D eigenvalue weighted by molar-refractivity contribution is -0.135. The van der Waals surface area contributed by atoms with Crippen LogP contribution in [0, 0.1) is 0 Å². The summed E-state index contributed by atoms with van der Waals surface area (Å²) in [5.41, 5.74) is 6.98. The number of nitrogens with one attached hydrogen (secondary N) is 1. The lowest BCUT2D eigenvalue weighted by Gasteiger charge is -2.36. The Hall–Kier alpha value is -3.44. The summed E-state index contributed by atoms with van der Waals surface area (Å²) in [5, 5.41) is 3.52. The van der Waals surface area contributed by atoms with Gasteiger partial charge in [0, 0.05) is 35.5 Å². The minimum atomic E-state index is -1.32. The summed E-state index contributed by atoms with van der Waals surface area (Å²) in [6.07, 6.45) is -1.66. The second kappa shape index (κ2) is 8.31. The number of rotatable bonds is 2. The summed E-state index contributed by atoms with van der Waals surface area (Å²) in [6.45, 7) is 0.211. The number of nitrogen functional groups attached to an aromatic ring is 1. The normalized spacial score (nSPS) is 25.2. The molecule has 3 amide bonds. The number of ether oxygens (including phenoxy) is 1. The van der Waals surface area contributed by atoms with Crippen LogP contribution in [0.15, 0.2) is 36.4 Å². The maximum atomic E-state index is 14.6. The van der Waals surface area contributed by atoms with Gasteiger partial charge in [0.15, 0.2) is 10.7 Å². The van der Waals surface area contributed by atoms with Crippen LogP contribution in [-0.4, -0.2) is 64.5 Å². The Morgan fingerprint density at radius 1 is 1.28 bits per heavy atom. The van der Waals surface area contributed by atoms with E-state index in [1.54, 1.807) is 41.3 Å². The van der Waals surface area contributed by atoms with E-state index in [4.69, 9.17) is 22.1 Å². The molecule has 4 heterocycles. The number of fused-ring (bicyclic) bond motifs is 3. The van der Waals surface area contributed by atoms with Crippen LogP contribution in [0.5, 0.6) is 0 Å². The zero-order valence-corrected chi connectivity index (χ0v) is 20.4. The molecule has 36 heavy (non-hydrogen) atoms. The van der Waals surface area contributed by atoms with Gasteiger partial charge >= 0.3 is 6.09 Å². The van der Waals surface area contributed by atoms with E-state index in [0.717, 1.165) is 4.70 Å². The average molecular weight is 530 g/mol. The van der Waals surface area contributed by atoms with Gasteiger partial charge in [0.2, 0.25) is 5.91 Å². The molecule has 2 saturated heterocycles. The Balaban J connectivity index is 1.26. The van der Waals surface area contributed by atoms with Gasteiger partial charge < -0.3 is 20.3 Å². The molecule has 0 unspecified atom stereocenters. The highest BCUT2D eigenvalue weighted by Gasteiger charge is 2.51. The number of aromatic nitrogens is 1. The van der Waals surface area contributed by atoms with Crippen molar-refractivity contribution >= 4 is 61.9 Å². The van der Waals surface area contributed by atoms with E-state index in [1.807, 2.05) is 0 Å². The number of hydrogen-bond donors (Lipinski definition) is 2. The third-order valence-corrected chi connectivity index (χ3v) is 8.07. The predicted molar refractivity (Wildman–Crippen MR) is 133 cm³/mol. The second-order valence-electron chi connectivity index (χ2n) is 9.25. The van der Waals surface area contributed by atoms with Crippen LogP contribution in [0.3, 0.4) is 0 Å². The average Bonchev–Trinajstić information content (AvgIpc) is 3.54. The first-order valence-electron chi connectivity index (χ1n) is 11.4. The van der Waals surface area contributed by atoms with Gasteiger partial charge in [-0.3, -0.25) is 14.9 Å². The van der Waals surface area contributed by atoms with Gasteiger partial charge in [0.1, 0.15) is 12.2 Å². The highest BCUT2D eigenvalue weighted by atomic mass is 35.5. The number of thiazole rings is 1.